The predicted molar refractivity (Wildman–Crippen MR) is 68.9 cm³/mol. The van der Waals surface area contributed by atoms with E-state index in [9.17, 15) is 5.11 Å². The highest BCUT2D eigenvalue weighted by Gasteiger charge is 2.41. The first-order chi connectivity index (χ1) is 7.65. The van der Waals surface area contributed by atoms with E-state index >= 15 is 0 Å². The van der Waals surface area contributed by atoms with Crippen molar-refractivity contribution in [1.29, 1.82) is 0 Å². The van der Waals surface area contributed by atoms with Crippen LogP contribution in [0.15, 0.2) is 29.2 Å². The van der Waals surface area contributed by atoms with Gasteiger partial charge in [0.2, 0.25) is 0 Å². The van der Waals surface area contributed by atoms with Gasteiger partial charge in [-0.3, -0.25) is 0 Å². The lowest BCUT2D eigenvalue weighted by molar-refractivity contribution is 0.194. The molecular formula is C12H16ClNOS. The van der Waals surface area contributed by atoms with Crippen molar-refractivity contribution in [2.75, 3.05) is 12.4 Å². The summed E-state index contributed by atoms with van der Waals surface area (Å²) in [7, 11) is 0. The number of halogens is 1. The molecule has 0 radical (unpaired) electrons. The topological polar surface area (TPSA) is 46.2 Å². The van der Waals surface area contributed by atoms with Gasteiger partial charge in [-0.1, -0.05) is 23.7 Å². The lowest BCUT2D eigenvalue weighted by atomic mass is 9.99. The standard InChI is InChI=1S/C12H16ClNOS/c13-10-3-1-2-4-11(10)16-8-12(14,7-15)9-5-6-9/h1-4,9,15H,5-8,14H2. The van der Waals surface area contributed by atoms with Crippen molar-refractivity contribution in [3.8, 4) is 0 Å². The van der Waals surface area contributed by atoms with Gasteiger partial charge < -0.3 is 10.8 Å². The summed E-state index contributed by atoms with van der Waals surface area (Å²) in [6.45, 7) is 0.0507. The van der Waals surface area contributed by atoms with Crippen molar-refractivity contribution >= 4 is 23.4 Å². The number of thioether (sulfide) groups is 1. The fourth-order valence-corrected chi connectivity index (χ4v) is 3.16. The van der Waals surface area contributed by atoms with Crippen LogP contribution in [0, 0.1) is 5.92 Å². The Kier molecular flexibility index (Phi) is 3.80. The smallest absolute Gasteiger partial charge is 0.0622 e. The van der Waals surface area contributed by atoms with Crippen LogP contribution in [0.5, 0.6) is 0 Å². The number of nitrogens with two attached hydrogens (primary N) is 1. The van der Waals surface area contributed by atoms with Crippen LogP contribution in [-0.2, 0) is 0 Å². The third-order valence-electron chi connectivity index (χ3n) is 3.02. The van der Waals surface area contributed by atoms with Crippen molar-refractivity contribution in [3.05, 3.63) is 29.3 Å². The summed E-state index contributed by atoms with van der Waals surface area (Å²) in [5.41, 5.74) is 5.75. The normalized spacial score (nSPS) is 19.4. The van der Waals surface area contributed by atoms with Crippen molar-refractivity contribution in [1.82, 2.24) is 0 Å². The zero-order valence-corrected chi connectivity index (χ0v) is 10.6. The Morgan fingerprint density at radius 1 is 1.44 bits per heavy atom. The maximum absolute atomic E-state index is 9.37. The third kappa shape index (κ3) is 2.72. The predicted octanol–water partition coefficient (Wildman–Crippen LogP) is 2.53. The molecule has 1 unspecified atom stereocenters. The second-order valence-electron chi connectivity index (χ2n) is 4.38. The molecule has 1 aromatic rings. The zero-order chi connectivity index (χ0) is 11.6. The molecule has 0 spiro atoms. The largest absolute Gasteiger partial charge is 0.394 e. The molecule has 0 saturated heterocycles. The van der Waals surface area contributed by atoms with Gasteiger partial charge >= 0.3 is 0 Å². The van der Waals surface area contributed by atoms with Crippen LogP contribution in [0.25, 0.3) is 0 Å². The molecule has 4 heteroatoms. The molecule has 1 fully saturated rings. The number of aliphatic hydroxyl groups excluding tert-OH is 1. The van der Waals surface area contributed by atoms with Crippen molar-refractivity contribution in [2.24, 2.45) is 11.7 Å². The van der Waals surface area contributed by atoms with Gasteiger partial charge in [0.05, 0.1) is 17.2 Å². The van der Waals surface area contributed by atoms with E-state index in [1.165, 1.54) is 0 Å². The number of hydrogen-bond acceptors (Lipinski definition) is 3. The van der Waals surface area contributed by atoms with Gasteiger partial charge in [-0.05, 0) is 30.9 Å². The molecule has 2 rings (SSSR count). The SMILES string of the molecule is NC(CO)(CSc1ccccc1Cl)C1CC1. The first-order valence-electron chi connectivity index (χ1n) is 5.43. The molecule has 3 N–H and O–H groups in total. The summed E-state index contributed by atoms with van der Waals surface area (Å²) >= 11 is 7.70. The van der Waals surface area contributed by atoms with Gasteiger partial charge in [-0.25, -0.2) is 0 Å². The Balaban J connectivity index is 1.98. The van der Waals surface area contributed by atoms with Crippen molar-refractivity contribution < 1.29 is 5.11 Å². The van der Waals surface area contributed by atoms with Gasteiger partial charge in [-0.2, -0.15) is 0 Å². The van der Waals surface area contributed by atoms with Crippen LogP contribution >= 0.6 is 23.4 Å². The van der Waals surface area contributed by atoms with Gasteiger partial charge in [0, 0.05) is 10.6 Å². The average molecular weight is 258 g/mol. The summed E-state index contributed by atoms with van der Waals surface area (Å²) in [6, 6.07) is 7.73. The average Bonchev–Trinajstić information content (AvgIpc) is 3.12. The monoisotopic (exact) mass is 257 g/mol. The second-order valence-corrected chi connectivity index (χ2v) is 5.81. The molecular weight excluding hydrogens is 242 g/mol. The number of aliphatic hydroxyl groups is 1. The number of hydrogen-bond donors (Lipinski definition) is 2. The van der Waals surface area contributed by atoms with Gasteiger partial charge in [0.25, 0.3) is 0 Å². The van der Waals surface area contributed by atoms with Crippen molar-refractivity contribution in [3.63, 3.8) is 0 Å². The van der Waals surface area contributed by atoms with Crippen LogP contribution in [0.2, 0.25) is 5.02 Å². The summed E-state index contributed by atoms with van der Waals surface area (Å²) < 4.78 is 0. The molecule has 1 aromatic carbocycles. The Morgan fingerprint density at radius 2 is 2.12 bits per heavy atom. The number of rotatable bonds is 5. The third-order valence-corrected chi connectivity index (χ3v) is 4.81. The summed E-state index contributed by atoms with van der Waals surface area (Å²) in [5.74, 6) is 1.20. The second kappa shape index (κ2) is 4.96. The highest BCUT2D eigenvalue weighted by molar-refractivity contribution is 7.99. The van der Waals surface area contributed by atoms with E-state index in [1.807, 2.05) is 24.3 Å². The molecule has 0 heterocycles. The molecule has 1 saturated carbocycles. The summed E-state index contributed by atoms with van der Waals surface area (Å²) in [6.07, 6.45) is 2.28. The molecule has 0 aliphatic heterocycles. The molecule has 1 aliphatic rings. The fraction of sp³-hybridized carbons (Fsp3) is 0.500. The molecule has 0 amide bonds. The molecule has 16 heavy (non-hydrogen) atoms. The van der Waals surface area contributed by atoms with E-state index in [1.54, 1.807) is 11.8 Å². The number of benzene rings is 1. The minimum absolute atomic E-state index is 0.0507. The molecule has 1 atom stereocenters. The Labute approximate surface area is 105 Å². The minimum Gasteiger partial charge on any atom is -0.394 e. The Hall–Kier alpha value is -0.220. The quantitative estimate of drug-likeness (QED) is 0.797. The van der Waals surface area contributed by atoms with Crippen LogP contribution in [0.1, 0.15) is 12.8 Å². The first kappa shape index (κ1) is 12.2. The molecule has 1 aliphatic carbocycles. The maximum atomic E-state index is 9.37. The van der Waals surface area contributed by atoms with E-state index in [2.05, 4.69) is 0 Å². The van der Waals surface area contributed by atoms with Crippen LogP contribution in [-0.4, -0.2) is 23.0 Å². The zero-order valence-electron chi connectivity index (χ0n) is 9.03. The van der Waals surface area contributed by atoms with Crippen LogP contribution in [0.4, 0.5) is 0 Å². The van der Waals surface area contributed by atoms with E-state index in [4.69, 9.17) is 17.3 Å². The Bertz CT molecular complexity index is 370. The van der Waals surface area contributed by atoms with E-state index in [0.717, 1.165) is 28.5 Å². The maximum Gasteiger partial charge on any atom is 0.0622 e. The van der Waals surface area contributed by atoms with E-state index in [-0.39, 0.29) is 6.61 Å². The highest BCUT2D eigenvalue weighted by Crippen LogP contribution is 2.41. The lowest BCUT2D eigenvalue weighted by Gasteiger charge is -2.26. The van der Waals surface area contributed by atoms with Gasteiger partial charge in [0.1, 0.15) is 0 Å². The molecule has 0 bridgehead atoms. The van der Waals surface area contributed by atoms with Gasteiger partial charge in [-0.15, -0.1) is 11.8 Å². The lowest BCUT2D eigenvalue weighted by Crippen LogP contribution is -2.48. The van der Waals surface area contributed by atoms with Crippen molar-refractivity contribution in [2.45, 2.75) is 23.3 Å². The summed E-state index contributed by atoms with van der Waals surface area (Å²) in [4.78, 5) is 1.04. The molecule has 88 valence electrons. The minimum atomic E-state index is -0.441. The van der Waals surface area contributed by atoms with Crippen LogP contribution in [0.3, 0.4) is 0 Å². The van der Waals surface area contributed by atoms with E-state index in [0.29, 0.717) is 5.92 Å². The first-order valence-corrected chi connectivity index (χ1v) is 6.79. The fourth-order valence-electron chi connectivity index (χ4n) is 1.72. The molecule has 0 aromatic heterocycles. The highest BCUT2D eigenvalue weighted by atomic mass is 35.5. The Morgan fingerprint density at radius 3 is 2.69 bits per heavy atom. The molecule has 2 nitrogen and oxygen atoms in total. The van der Waals surface area contributed by atoms with Crippen LogP contribution < -0.4 is 5.73 Å². The van der Waals surface area contributed by atoms with Gasteiger partial charge in [0.15, 0.2) is 0 Å². The summed E-state index contributed by atoms with van der Waals surface area (Å²) in [5, 5.41) is 10.1. The van der Waals surface area contributed by atoms with E-state index < -0.39 is 5.54 Å².